The Balaban J connectivity index is 0. The van der Waals surface area contributed by atoms with E-state index in [0.717, 1.165) is 0 Å². The molecule has 0 N–H and O–H groups in total. The molecule has 2 rings (SSSR count). The number of para-hydroxylation sites is 1. The van der Waals surface area contributed by atoms with E-state index >= 15 is 0 Å². The van der Waals surface area contributed by atoms with Gasteiger partial charge in [-0.2, -0.15) is 0 Å². The van der Waals surface area contributed by atoms with Crippen molar-refractivity contribution in [2.45, 2.75) is 91.4 Å². The van der Waals surface area contributed by atoms with Crippen LogP contribution in [0.4, 0.5) is 5.69 Å². The van der Waals surface area contributed by atoms with Crippen LogP contribution in [0, 0.1) is 21.5 Å². The Morgan fingerprint density at radius 3 is 1.55 bits per heavy atom. The van der Waals surface area contributed by atoms with Crippen LogP contribution in [0.2, 0.25) is 0 Å². The van der Waals surface area contributed by atoms with Crippen molar-refractivity contribution in [2.75, 3.05) is 4.90 Å². The first-order valence-corrected chi connectivity index (χ1v) is 11.2. The second-order valence-corrected chi connectivity index (χ2v) is 13.7. The molecular formula is C25H44N2PPt-3. The van der Waals surface area contributed by atoms with Crippen LogP contribution in [-0.4, -0.2) is 15.0 Å². The number of rotatable bonds is 4. The van der Waals surface area contributed by atoms with Crippen molar-refractivity contribution in [3.63, 3.8) is 0 Å². The molecular weight excluding hydrogens is 554 g/mol. The summed E-state index contributed by atoms with van der Waals surface area (Å²) >= 11 is 0. The van der Waals surface area contributed by atoms with Crippen molar-refractivity contribution in [3.05, 3.63) is 63.2 Å². The fraction of sp³-hybridized carbons (Fsp3) is 0.560. The van der Waals surface area contributed by atoms with Gasteiger partial charge in [0.05, 0.1) is 0 Å². The first-order chi connectivity index (χ1) is 11.8. The van der Waals surface area contributed by atoms with Crippen molar-refractivity contribution in [3.8, 4) is 0 Å². The van der Waals surface area contributed by atoms with E-state index in [1.165, 1.54) is 16.8 Å². The molecule has 0 fully saturated rings. The van der Waals surface area contributed by atoms with E-state index < -0.39 is 0 Å². The monoisotopic (exact) mass is 598 g/mol. The van der Waals surface area contributed by atoms with Gasteiger partial charge >= 0.3 is 0 Å². The fourth-order valence-corrected chi connectivity index (χ4v) is 7.91. The largest absolute Gasteiger partial charge is 0.487 e. The van der Waals surface area contributed by atoms with Gasteiger partial charge in [0, 0.05) is 26.8 Å². The summed E-state index contributed by atoms with van der Waals surface area (Å²) in [5.41, 5.74) is 4.22. The number of benzene rings is 1. The maximum atomic E-state index is 2.48. The zero-order valence-electron chi connectivity index (χ0n) is 20.8. The van der Waals surface area contributed by atoms with E-state index in [4.69, 9.17) is 0 Å². The van der Waals surface area contributed by atoms with Gasteiger partial charge in [-0.1, -0.05) is 87.4 Å². The predicted octanol–water partition coefficient (Wildman–Crippen LogP) is 8.54. The molecule has 0 aliphatic carbocycles. The summed E-state index contributed by atoms with van der Waals surface area (Å²) in [7, 11) is -0.361. The molecule has 0 bridgehead atoms. The second kappa shape index (κ2) is 11.3. The molecule has 2 nitrogen and oxygen atoms in total. The van der Waals surface area contributed by atoms with Crippen LogP contribution in [0.5, 0.6) is 0 Å². The average molecular weight is 599 g/mol. The SMILES string of the molecule is CC(C)c1cccc(C(C)C)c1N1C=CN(P(C(C)(C)C)C(C)(C)C)[CH-]1.[CH3-].[CH3-].[Pt]. The Bertz CT molecular complexity index is 614. The van der Waals surface area contributed by atoms with Gasteiger partial charge in [-0.25, -0.2) is 0 Å². The van der Waals surface area contributed by atoms with E-state index in [1.54, 1.807) is 0 Å². The summed E-state index contributed by atoms with van der Waals surface area (Å²) in [4.78, 5) is 2.36. The molecule has 0 atom stereocenters. The minimum Gasteiger partial charge on any atom is -0.487 e. The number of anilines is 1. The van der Waals surface area contributed by atoms with Crippen molar-refractivity contribution in [1.82, 2.24) is 4.67 Å². The van der Waals surface area contributed by atoms with E-state index in [2.05, 4.69) is 116 Å². The molecule has 1 heterocycles. The van der Waals surface area contributed by atoms with Crippen LogP contribution in [0.15, 0.2) is 30.6 Å². The van der Waals surface area contributed by atoms with Gasteiger partial charge < -0.3 is 24.4 Å². The first kappa shape index (κ1) is 30.9. The van der Waals surface area contributed by atoms with Gasteiger partial charge in [-0.15, -0.1) is 6.67 Å². The minimum absolute atomic E-state index is 0. The topological polar surface area (TPSA) is 6.48 Å². The molecule has 0 saturated heterocycles. The number of hydrogen-bond acceptors (Lipinski definition) is 2. The van der Waals surface area contributed by atoms with Crippen molar-refractivity contribution in [2.24, 2.45) is 0 Å². The fourth-order valence-electron chi connectivity index (χ4n) is 4.10. The smallest absolute Gasteiger partial charge is 0.0195 e. The van der Waals surface area contributed by atoms with Gasteiger partial charge in [-0.05, 0) is 53.7 Å². The molecule has 0 aromatic heterocycles. The first-order valence-electron chi connectivity index (χ1n) is 9.87. The van der Waals surface area contributed by atoms with E-state index in [-0.39, 0.29) is 54.3 Å². The maximum absolute atomic E-state index is 2.48. The summed E-state index contributed by atoms with van der Waals surface area (Å²) in [5.74, 6) is 1.01. The van der Waals surface area contributed by atoms with Crippen LogP contribution in [0.25, 0.3) is 0 Å². The van der Waals surface area contributed by atoms with E-state index in [1.807, 2.05) is 0 Å². The standard InChI is InChI=1S/C23H38N2P.2CH3.Pt/c1-17(2)19-12-11-13-20(18(3)4)21(19)24-14-15-25(16-24)26(22(5,6)7)23(8,9)10;;;/h11-18H,1-10H3;2*1H3;/q3*-1;. The third-order valence-corrected chi connectivity index (χ3v) is 7.97. The molecule has 1 aliphatic heterocycles. The molecule has 0 unspecified atom stereocenters. The minimum atomic E-state index is -0.361. The van der Waals surface area contributed by atoms with Crippen LogP contribution in [0.1, 0.15) is 92.2 Å². The Labute approximate surface area is 198 Å². The van der Waals surface area contributed by atoms with Gasteiger partial charge in [-0.3, -0.25) is 0 Å². The molecule has 1 aliphatic rings. The third kappa shape index (κ3) is 7.11. The Morgan fingerprint density at radius 1 is 0.793 bits per heavy atom. The molecule has 29 heavy (non-hydrogen) atoms. The third-order valence-electron chi connectivity index (χ3n) is 4.73. The molecule has 0 amide bonds. The van der Waals surface area contributed by atoms with Gasteiger partial charge in [0.25, 0.3) is 0 Å². The quantitative estimate of drug-likeness (QED) is 0.253. The summed E-state index contributed by atoms with van der Waals surface area (Å²) in [6.45, 7) is 25.7. The number of hydrogen-bond donors (Lipinski definition) is 0. The Morgan fingerprint density at radius 2 is 1.21 bits per heavy atom. The molecule has 4 heteroatoms. The van der Waals surface area contributed by atoms with E-state index in [0.29, 0.717) is 11.8 Å². The van der Waals surface area contributed by atoms with Gasteiger partial charge in [0.2, 0.25) is 0 Å². The van der Waals surface area contributed by atoms with Gasteiger partial charge in [0.15, 0.2) is 0 Å². The van der Waals surface area contributed by atoms with E-state index in [9.17, 15) is 0 Å². The van der Waals surface area contributed by atoms with Crippen LogP contribution in [0.3, 0.4) is 0 Å². The zero-order valence-corrected chi connectivity index (χ0v) is 23.9. The van der Waals surface area contributed by atoms with Crippen LogP contribution < -0.4 is 4.90 Å². The maximum Gasteiger partial charge on any atom is 0.0195 e. The molecule has 0 saturated carbocycles. The zero-order chi connectivity index (χ0) is 19.9. The molecule has 1 aromatic carbocycles. The van der Waals surface area contributed by atoms with Crippen molar-refractivity contribution in [1.29, 1.82) is 0 Å². The summed E-state index contributed by atoms with van der Waals surface area (Å²) < 4.78 is 2.48. The van der Waals surface area contributed by atoms with Crippen molar-refractivity contribution < 1.29 is 21.1 Å². The molecule has 0 spiro atoms. The Hall–Kier alpha value is -0.322. The second-order valence-electron chi connectivity index (χ2n) is 9.95. The summed E-state index contributed by atoms with van der Waals surface area (Å²) in [5, 5.41) is 0.506. The summed E-state index contributed by atoms with van der Waals surface area (Å²) in [6.07, 6.45) is 4.53. The Kier molecular flexibility index (Phi) is 12.1. The molecule has 1 aromatic rings. The average Bonchev–Trinajstić information content (AvgIpc) is 2.91. The molecule has 172 valence electrons. The van der Waals surface area contributed by atoms with Gasteiger partial charge in [0.1, 0.15) is 0 Å². The number of nitrogens with zero attached hydrogens (tertiary/aromatic N) is 2. The molecule has 0 radical (unpaired) electrons. The van der Waals surface area contributed by atoms with Crippen molar-refractivity contribution >= 4 is 13.8 Å². The summed E-state index contributed by atoms with van der Waals surface area (Å²) in [6, 6.07) is 6.78. The van der Waals surface area contributed by atoms with Crippen LogP contribution >= 0.6 is 8.07 Å². The van der Waals surface area contributed by atoms with Crippen LogP contribution in [-0.2, 0) is 21.1 Å². The normalized spacial score (nSPS) is 14.2. The predicted molar refractivity (Wildman–Crippen MR) is 132 cm³/mol.